The number of phenols is 1. The van der Waals surface area contributed by atoms with Crippen LogP contribution in [-0.2, 0) is 6.54 Å². The molecule has 25 heavy (non-hydrogen) atoms. The number of benzene rings is 2. The molecule has 3 N–H and O–H groups in total. The van der Waals surface area contributed by atoms with Gasteiger partial charge in [0, 0.05) is 6.54 Å². The number of nitrogens with zero attached hydrogens (tertiary/aromatic N) is 2. The molecule has 0 saturated carbocycles. The summed E-state index contributed by atoms with van der Waals surface area (Å²) in [7, 11) is 1.31. The van der Waals surface area contributed by atoms with Crippen LogP contribution in [0.4, 0.5) is 5.69 Å². The maximum atomic E-state index is 11.1. The first-order valence-electron chi connectivity index (χ1n) is 7.17. The molecular formula is C16H16N4O4S. The summed E-state index contributed by atoms with van der Waals surface area (Å²) < 4.78 is 4.86. The molecule has 0 unspecified atom stereocenters. The fraction of sp³-hybridized carbons (Fsp3) is 0.125. The molecule has 2 rings (SSSR count). The number of phenolic OH excluding ortho intramolecular Hbond substituents is 1. The zero-order valence-corrected chi connectivity index (χ0v) is 14.1. The lowest BCUT2D eigenvalue weighted by Crippen LogP contribution is -2.31. The van der Waals surface area contributed by atoms with Crippen LogP contribution in [0.1, 0.15) is 11.1 Å². The van der Waals surface area contributed by atoms with Crippen LogP contribution in [0.15, 0.2) is 47.6 Å². The van der Waals surface area contributed by atoms with Gasteiger partial charge in [0.25, 0.3) is 5.69 Å². The van der Waals surface area contributed by atoms with E-state index in [2.05, 4.69) is 15.8 Å². The first kappa shape index (κ1) is 18.1. The first-order valence-corrected chi connectivity index (χ1v) is 7.58. The van der Waals surface area contributed by atoms with Crippen LogP contribution in [0.5, 0.6) is 11.5 Å². The zero-order valence-electron chi connectivity index (χ0n) is 13.3. The van der Waals surface area contributed by atoms with Crippen LogP contribution in [0.25, 0.3) is 0 Å². The van der Waals surface area contributed by atoms with Crippen molar-refractivity contribution < 1.29 is 14.8 Å². The summed E-state index contributed by atoms with van der Waals surface area (Å²) in [6, 6.07) is 12.0. The van der Waals surface area contributed by atoms with Gasteiger partial charge in [-0.15, -0.1) is 0 Å². The Bertz CT molecular complexity index is 796. The van der Waals surface area contributed by atoms with Crippen molar-refractivity contribution in [2.45, 2.75) is 6.54 Å². The second-order valence-corrected chi connectivity index (χ2v) is 5.29. The number of nitro groups is 1. The number of aromatic hydroxyl groups is 1. The molecule has 0 aliphatic heterocycles. The largest absolute Gasteiger partial charge is 0.504 e. The van der Waals surface area contributed by atoms with Crippen LogP contribution in [0.3, 0.4) is 0 Å². The summed E-state index contributed by atoms with van der Waals surface area (Å²) in [5.74, 6) is -0.212. The van der Waals surface area contributed by atoms with Crippen LogP contribution in [-0.4, -0.2) is 28.5 Å². The Balaban J connectivity index is 2.00. The van der Waals surface area contributed by atoms with Gasteiger partial charge in [-0.3, -0.25) is 15.5 Å². The lowest BCUT2D eigenvalue weighted by Gasteiger charge is -2.07. The zero-order chi connectivity index (χ0) is 18.2. The summed E-state index contributed by atoms with van der Waals surface area (Å²) in [5.41, 5.74) is 3.48. The minimum Gasteiger partial charge on any atom is -0.504 e. The molecule has 2 aromatic rings. The molecule has 0 aliphatic rings. The van der Waals surface area contributed by atoms with Crippen LogP contribution < -0.4 is 15.5 Å². The number of hydrazone groups is 1. The third-order valence-corrected chi connectivity index (χ3v) is 3.43. The Hall–Kier alpha value is -3.20. The summed E-state index contributed by atoms with van der Waals surface area (Å²) in [4.78, 5) is 10.5. The average molecular weight is 360 g/mol. The van der Waals surface area contributed by atoms with E-state index in [4.69, 9.17) is 17.0 Å². The Morgan fingerprint density at radius 2 is 2.12 bits per heavy atom. The molecule has 8 nitrogen and oxygen atoms in total. The molecule has 0 atom stereocenters. The average Bonchev–Trinajstić information content (AvgIpc) is 2.60. The van der Waals surface area contributed by atoms with E-state index in [0.717, 1.165) is 11.6 Å². The molecule has 9 heteroatoms. The Kier molecular flexibility index (Phi) is 6.24. The minimum atomic E-state index is -0.588. The quantitative estimate of drug-likeness (QED) is 0.314. The fourth-order valence-electron chi connectivity index (χ4n) is 1.98. The molecule has 0 saturated heterocycles. The van der Waals surface area contributed by atoms with E-state index >= 15 is 0 Å². The van der Waals surface area contributed by atoms with Crippen molar-refractivity contribution in [3.8, 4) is 11.5 Å². The SMILES string of the molecule is COc1cc([N+](=O)[O-])c(/C=N/NC(=S)NCc2ccccc2)cc1O. The first-order chi connectivity index (χ1) is 12.0. The number of hydrogen-bond acceptors (Lipinski definition) is 6. The summed E-state index contributed by atoms with van der Waals surface area (Å²) in [6.07, 6.45) is 1.20. The predicted molar refractivity (Wildman–Crippen MR) is 97.9 cm³/mol. The Morgan fingerprint density at radius 3 is 2.76 bits per heavy atom. The maximum Gasteiger partial charge on any atom is 0.282 e. The van der Waals surface area contributed by atoms with Gasteiger partial charge >= 0.3 is 0 Å². The van der Waals surface area contributed by atoms with Gasteiger partial charge in [0.05, 0.1) is 29.9 Å². The molecular weight excluding hydrogens is 344 g/mol. The number of thiocarbonyl (C=S) groups is 1. The molecule has 0 spiro atoms. The van der Waals surface area contributed by atoms with Crippen molar-refractivity contribution in [3.63, 3.8) is 0 Å². The van der Waals surface area contributed by atoms with Gasteiger partial charge in [-0.25, -0.2) is 0 Å². The highest BCUT2D eigenvalue weighted by atomic mass is 32.1. The lowest BCUT2D eigenvalue weighted by atomic mass is 10.1. The van der Waals surface area contributed by atoms with Gasteiger partial charge in [-0.05, 0) is 23.8 Å². The van der Waals surface area contributed by atoms with E-state index in [1.54, 1.807) is 0 Å². The number of rotatable bonds is 6. The summed E-state index contributed by atoms with van der Waals surface area (Å²) in [5, 5.41) is 27.9. The molecule has 0 aliphatic carbocycles. The third kappa shape index (κ3) is 5.15. The number of ether oxygens (including phenoxy) is 1. The highest BCUT2D eigenvalue weighted by Crippen LogP contribution is 2.32. The van der Waals surface area contributed by atoms with Gasteiger partial charge in [0.2, 0.25) is 0 Å². The van der Waals surface area contributed by atoms with Crippen molar-refractivity contribution in [3.05, 3.63) is 63.7 Å². The Morgan fingerprint density at radius 1 is 1.40 bits per heavy atom. The smallest absolute Gasteiger partial charge is 0.282 e. The van der Waals surface area contributed by atoms with Crippen molar-refractivity contribution in [2.75, 3.05) is 7.11 Å². The predicted octanol–water partition coefficient (Wildman–Crippen LogP) is 2.31. The molecule has 0 fully saturated rings. The van der Waals surface area contributed by atoms with Crippen LogP contribution >= 0.6 is 12.2 Å². The van der Waals surface area contributed by atoms with Gasteiger partial charge in [0.15, 0.2) is 16.6 Å². The van der Waals surface area contributed by atoms with E-state index in [1.807, 2.05) is 30.3 Å². The van der Waals surface area contributed by atoms with Gasteiger partial charge < -0.3 is 15.2 Å². The van der Waals surface area contributed by atoms with E-state index < -0.39 is 4.92 Å². The fourth-order valence-corrected chi connectivity index (χ4v) is 2.10. The molecule has 0 radical (unpaired) electrons. The Labute approximate surface area is 149 Å². The highest BCUT2D eigenvalue weighted by Gasteiger charge is 2.17. The summed E-state index contributed by atoms with van der Waals surface area (Å²) in [6.45, 7) is 0.520. The molecule has 130 valence electrons. The topological polar surface area (TPSA) is 109 Å². The molecule has 0 amide bonds. The number of nitro benzene ring substituents is 1. The molecule has 0 bridgehead atoms. The van der Waals surface area contributed by atoms with Gasteiger partial charge in [-0.2, -0.15) is 5.10 Å². The van der Waals surface area contributed by atoms with E-state index in [-0.39, 0.29) is 27.9 Å². The van der Waals surface area contributed by atoms with E-state index in [9.17, 15) is 15.2 Å². The summed E-state index contributed by atoms with van der Waals surface area (Å²) >= 11 is 5.08. The minimum absolute atomic E-state index is 0.0110. The number of methoxy groups -OCH3 is 1. The van der Waals surface area contributed by atoms with Crippen molar-refractivity contribution >= 4 is 29.2 Å². The van der Waals surface area contributed by atoms with Crippen molar-refractivity contribution in [1.82, 2.24) is 10.7 Å². The lowest BCUT2D eigenvalue weighted by molar-refractivity contribution is -0.385. The van der Waals surface area contributed by atoms with E-state index in [1.165, 1.54) is 19.4 Å². The van der Waals surface area contributed by atoms with Crippen molar-refractivity contribution in [2.24, 2.45) is 5.10 Å². The van der Waals surface area contributed by atoms with Crippen LogP contribution in [0, 0.1) is 10.1 Å². The van der Waals surface area contributed by atoms with Gasteiger partial charge in [0.1, 0.15) is 0 Å². The standard InChI is InChI=1S/C16H16N4O4S/c1-24-15-8-13(20(22)23)12(7-14(15)21)10-18-19-16(25)17-9-11-5-3-2-4-6-11/h2-8,10,21H,9H2,1H3,(H2,17,19,25)/b18-10+. The van der Waals surface area contributed by atoms with Gasteiger partial charge in [-0.1, -0.05) is 30.3 Å². The number of hydrogen-bond donors (Lipinski definition) is 3. The second-order valence-electron chi connectivity index (χ2n) is 4.88. The molecule has 0 heterocycles. The monoisotopic (exact) mass is 360 g/mol. The number of nitrogens with one attached hydrogen (secondary N) is 2. The molecule has 0 aromatic heterocycles. The van der Waals surface area contributed by atoms with E-state index in [0.29, 0.717) is 6.54 Å². The third-order valence-electron chi connectivity index (χ3n) is 3.19. The normalized spacial score (nSPS) is 10.4. The second kappa shape index (κ2) is 8.60. The van der Waals surface area contributed by atoms with Crippen molar-refractivity contribution in [1.29, 1.82) is 0 Å². The maximum absolute atomic E-state index is 11.1. The molecule has 2 aromatic carbocycles. The van der Waals surface area contributed by atoms with Crippen LogP contribution in [0.2, 0.25) is 0 Å². The highest BCUT2D eigenvalue weighted by molar-refractivity contribution is 7.80.